The molecule has 1 saturated carbocycles. The third-order valence-corrected chi connectivity index (χ3v) is 18.7. The molecule has 0 spiro atoms. The van der Waals surface area contributed by atoms with E-state index in [0.717, 1.165) is 76.0 Å². The molecule has 11 N–H and O–H groups in total. The van der Waals surface area contributed by atoms with Crippen molar-refractivity contribution in [3.63, 3.8) is 0 Å². The number of aliphatic hydroxyl groups is 1. The number of likely N-dealkylation sites (N-methyl/N-ethyl adjacent to an activating group) is 1. The Balaban J connectivity index is 0.000000176. The lowest BCUT2D eigenvalue weighted by atomic mass is 10.2. The van der Waals surface area contributed by atoms with Crippen LogP contribution < -0.4 is 72.4 Å². The number of nitrogens with one attached hydrogen (secondary N) is 10. The van der Waals surface area contributed by atoms with Gasteiger partial charge >= 0.3 is 18.5 Å². The van der Waals surface area contributed by atoms with E-state index in [1.165, 1.54) is 50.7 Å². The predicted octanol–water partition coefficient (Wildman–Crippen LogP) is 13.3. The molecule has 1 atom stereocenters. The van der Waals surface area contributed by atoms with Crippen molar-refractivity contribution in [2.24, 2.45) is 5.92 Å². The molecule has 0 bridgehead atoms. The van der Waals surface area contributed by atoms with Gasteiger partial charge in [0, 0.05) is 143 Å². The van der Waals surface area contributed by atoms with E-state index >= 15 is 0 Å². The molecule has 1 unspecified atom stereocenters. The van der Waals surface area contributed by atoms with Gasteiger partial charge in [0.2, 0.25) is 47.4 Å². The molecular weight excluding hydrogens is 1590 g/mol. The number of hydrogen-bond donors (Lipinski definition) is 11. The van der Waals surface area contributed by atoms with Crippen molar-refractivity contribution in [1.82, 2.24) is 59.6 Å². The molecule has 3 aliphatic heterocycles. The lowest BCUT2D eigenvalue weighted by Crippen LogP contribution is -2.49. The first-order valence-electron chi connectivity index (χ1n) is 37.3. The van der Waals surface area contributed by atoms with Crippen molar-refractivity contribution in [2.45, 2.75) is 50.4 Å². The second-order valence-corrected chi connectivity index (χ2v) is 27.2. The standard InChI is InChI=1S/C28H29F3N8O3.C26H28F4N8O2.C25H27F3N8O2/c1-3-23(40)33-18-5-4-6-19(15-18)34-24-20(28(29,30)31)16-32-27(37-24)35-21-9-10-22(36-25(21)42-2)38-11-13-39(14-12-38)26(41)17-7-8-17;1-2-23(40)33-16-4-3-5-17(12-16)34-24-19(26(28,29)30)13-31-25(37-24)36-20-6-7-22(35-21(20)15-39)32-18-8-10-38(14-18)11-9-27;1-4-22(37)31-16-6-5-7-17(12-16)32-23-18(25(26,27)28)14-30-24(34-23)33-19-15-29-21(13-20(19)38-3)36-10-8-35(2)9-11-36/h3-6,9-10,15-17H,1,7-8,11-14H2,2H3,(H,33,40)(H2,32,34,35,37);2-7,12-13,18,39H,1,8-11,14-15H2,(H,32,35)(H,33,40)(H2,31,34,36,37);4-7,12-15H,1,8-11H2,2-3H3,(H,31,37)(H2,30,32,33,34). The summed E-state index contributed by atoms with van der Waals surface area (Å²) in [5, 5.41) is 37.4. The van der Waals surface area contributed by atoms with Crippen molar-refractivity contribution >= 4 is 128 Å². The van der Waals surface area contributed by atoms with Crippen LogP contribution in [0, 0.1) is 5.92 Å². The van der Waals surface area contributed by atoms with E-state index < -0.39 is 83.7 Å². The minimum Gasteiger partial charge on any atom is -0.494 e. The van der Waals surface area contributed by atoms with E-state index in [-0.39, 0.29) is 64.3 Å². The van der Waals surface area contributed by atoms with E-state index in [9.17, 15) is 68.2 Å². The number of pyridine rings is 3. The summed E-state index contributed by atoms with van der Waals surface area (Å²) >= 11 is 0. The van der Waals surface area contributed by atoms with Crippen LogP contribution in [0.1, 0.15) is 41.6 Å². The summed E-state index contributed by atoms with van der Waals surface area (Å²) in [7, 11) is 4.98. The number of halogens is 10. The highest BCUT2D eigenvalue weighted by molar-refractivity contribution is 6.00. The monoisotopic (exact) mass is 1670 g/mol. The number of anilines is 18. The third-order valence-electron chi connectivity index (χ3n) is 18.7. The molecule has 9 aromatic rings. The van der Waals surface area contributed by atoms with Gasteiger partial charge in [-0.25, -0.2) is 29.3 Å². The van der Waals surface area contributed by atoms with E-state index in [1.807, 2.05) is 14.7 Å². The molecular formula is C79H84F10N24O7. The van der Waals surface area contributed by atoms with Crippen LogP contribution in [0.25, 0.3) is 0 Å². The molecule has 6 aromatic heterocycles. The molecule has 3 saturated heterocycles. The highest BCUT2D eigenvalue weighted by Crippen LogP contribution is 2.41. The van der Waals surface area contributed by atoms with E-state index in [1.54, 1.807) is 72.8 Å². The molecule has 632 valence electrons. The van der Waals surface area contributed by atoms with Crippen LogP contribution in [0.5, 0.6) is 11.6 Å². The van der Waals surface area contributed by atoms with Gasteiger partial charge in [-0.2, -0.15) is 59.4 Å². The zero-order chi connectivity index (χ0) is 85.8. The molecule has 1 aliphatic carbocycles. The van der Waals surface area contributed by atoms with Crippen molar-refractivity contribution in [1.29, 1.82) is 0 Å². The first-order chi connectivity index (χ1) is 57.5. The minimum absolute atomic E-state index is 0.0693. The van der Waals surface area contributed by atoms with Gasteiger partial charge in [-0.1, -0.05) is 37.9 Å². The summed E-state index contributed by atoms with van der Waals surface area (Å²) in [5.41, 5.74) is -0.107. The van der Waals surface area contributed by atoms with Gasteiger partial charge in [0.05, 0.1) is 38.4 Å². The largest absolute Gasteiger partial charge is 0.494 e. The molecule has 9 heterocycles. The van der Waals surface area contributed by atoms with Crippen LogP contribution in [0.3, 0.4) is 0 Å². The van der Waals surface area contributed by atoms with Crippen molar-refractivity contribution in [3.05, 3.63) is 188 Å². The molecule has 3 aromatic carbocycles. The van der Waals surface area contributed by atoms with E-state index in [4.69, 9.17) is 9.47 Å². The van der Waals surface area contributed by atoms with Gasteiger partial charge in [0.15, 0.2) is 0 Å². The van der Waals surface area contributed by atoms with Crippen molar-refractivity contribution < 1.29 is 77.7 Å². The number of piperazine rings is 2. The molecule has 13 rings (SSSR count). The number of benzene rings is 3. The van der Waals surface area contributed by atoms with Crippen LogP contribution in [-0.2, 0) is 44.3 Å². The zero-order valence-electron chi connectivity index (χ0n) is 64.9. The summed E-state index contributed by atoms with van der Waals surface area (Å²) in [6.45, 7) is 17.0. The Morgan fingerprint density at radius 1 is 0.500 bits per heavy atom. The highest BCUT2D eigenvalue weighted by atomic mass is 19.4. The number of ether oxygens (including phenoxy) is 2. The lowest BCUT2D eigenvalue weighted by molar-refractivity contribution is -0.138. The zero-order valence-corrected chi connectivity index (χ0v) is 64.9. The Labute approximate surface area is 681 Å². The van der Waals surface area contributed by atoms with Crippen LogP contribution in [0.2, 0.25) is 0 Å². The minimum atomic E-state index is -4.75. The van der Waals surface area contributed by atoms with Gasteiger partial charge in [-0.05, 0) is 123 Å². The van der Waals surface area contributed by atoms with Crippen molar-refractivity contribution in [2.75, 3.05) is 163 Å². The fourth-order valence-corrected chi connectivity index (χ4v) is 12.4. The lowest BCUT2D eigenvalue weighted by Gasteiger charge is -2.35. The number of methoxy groups -OCH3 is 2. The summed E-state index contributed by atoms with van der Waals surface area (Å²) < 4.78 is 147. The number of carbonyl (C=O) groups excluding carboxylic acids is 4. The number of likely N-dealkylation sites (tertiary alicyclic amines) is 1. The van der Waals surface area contributed by atoms with E-state index in [2.05, 4.69) is 135 Å². The van der Waals surface area contributed by atoms with Crippen LogP contribution in [0.15, 0.2) is 166 Å². The molecule has 0 radical (unpaired) electrons. The van der Waals surface area contributed by atoms with Crippen LogP contribution in [0.4, 0.5) is 148 Å². The highest BCUT2D eigenvalue weighted by Gasteiger charge is 2.39. The maximum absolute atomic E-state index is 13.8. The first kappa shape index (κ1) is 87.3. The Hall–Kier alpha value is -13.6. The number of nitrogens with zero attached hydrogens (tertiary/aromatic N) is 14. The fourth-order valence-electron chi connectivity index (χ4n) is 12.4. The molecule has 4 aliphatic rings. The van der Waals surface area contributed by atoms with Gasteiger partial charge in [-0.3, -0.25) is 24.1 Å². The topological polar surface area (TPSA) is 359 Å². The second-order valence-electron chi connectivity index (χ2n) is 27.2. The summed E-state index contributed by atoms with van der Waals surface area (Å²) in [6, 6.07) is 26.9. The average molecular weight is 1670 g/mol. The summed E-state index contributed by atoms with van der Waals surface area (Å²) in [4.78, 5) is 94.6. The maximum Gasteiger partial charge on any atom is 0.421 e. The second kappa shape index (κ2) is 39.6. The molecule has 31 nitrogen and oxygen atoms in total. The Bertz CT molecular complexity index is 5150. The molecule has 120 heavy (non-hydrogen) atoms. The van der Waals surface area contributed by atoms with Crippen LogP contribution >= 0.6 is 0 Å². The Morgan fingerprint density at radius 3 is 1.39 bits per heavy atom. The molecule has 41 heteroatoms. The number of hydrogen-bond acceptors (Lipinski definition) is 27. The van der Waals surface area contributed by atoms with Gasteiger partial charge in [0.25, 0.3) is 0 Å². The SMILES string of the molecule is C=CC(=O)Nc1cccc(Nc2nc(Nc3ccc(N4CCN(C(=O)C5CC5)CC4)nc3OC)ncc2C(F)(F)F)c1.C=CC(=O)Nc1cccc(Nc2nc(Nc3ccc(NC4CCN(CCF)C4)nc3CO)ncc2C(F)(F)F)c1.C=CC(=O)Nc1cccc(Nc2nc(Nc3cnc(N4CCN(C)CC4)cc3OC)ncc2C(F)(F)F)c1. The normalized spacial score (nSPS) is 14.9. The maximum atomic E-state index is 13.8. The summed E-state index contributed by atoms with van der Waals surface area (Å²) in [6.07, 6.45) is -4.65. The number of carbonyl (C=O) groups is 4. The van der Waals surface area contributed by atoms with Crippen molar-refractivity contribution in [3.8, 4) is 11.6 Å². The molecule has 4 fully saturated rings. The smallest absolute Gasteiger partial charge is 0.421 e. The third kappa shape index (κ3) is 24.1. The number of alkyl halides is 10. The molecule has 4 amide bonds. The van der Waals surface area contributed by atoms with Gasteiger partial charge < -0.3 is 87.3 Å². The van der Waals surface area contributed by atoms with Crippen LogP contribution in [-0.4, -0.2) is 194 Å². The quantitative estimate of drug-likeness (QED) is 0.0160. The Morgan fingerprint density at radius 2 is 0.950 bits per heavy atom. The Kier molecular flexibility index (Phi) is 28.8. The number of rotatable bonds is 28. The first-order valence-corrected chi connectivity index (χ1v) is 37.3. The van der Waals surface area contributed by atoms with Gasteiger partial charge in [-0.15, -0.1) is 0 Å². The fraction of sp³-hybridized carbons (Fsp3) is 0.304. The number of aliphatic hydroxyl groups excluding tert-OH is 1. The number of aromatic nitrogens is 9. The van der Waals surface area contributed by atoms with Gasteiger partial charge in [0.1, 0.15) is 75.4 Å². The predicted molar refractivity (Wildman–Crippen MR) is 434 cm³/mol. The number of amides is 4. The summed E-state index contributed by atoms with van der Waals surface area (Å²) in [5.74, 6) is -0.323. The average Bonchev–Trinajstić information content (AvgIpc) is 0.991. The van der Waals surface area contributed by atoms with E-state index in [0.29, 0.717) is 109 Å².